The topological polar surface area (TPSA) is 88.4 Å². The number of aliphatic hydroxyl groups is 1. The Morgan fingerprint density at radius 2 is 1.15 bits per heavy atom. The maximum Gasteiger partial charge on any atom is 0.126 e. The number of hydrogen-bond donors (Lipinski definition) is 3. The van der Waals surface area contributed by atoms with Crippen LogP contribution in [0.3, 0.4) is 0 Å². The summed E-state index contributed by atoms with van der Waals surface area (Å²) in [6, 6.07) is 7.44. The molecule has 27 heavy (non-hydrogen) atoms. The van der Waals surface area contributed by atoms with Crippen molar-refractivity contribution in [3.8, 4) is 11.5 Å². The molecule has 0 fully saturated rings. The second kappa shape index (κ2) is 9.71. The maximum atomic E-state index is 10.4. The Labute approximate surface area is 159 Å². The Balaban J connectivity index is 2.46. The van der Waals surface area contributed by atoms with Crippen LogP contribution < -0.4 is 0 Å². The van der Waals surface area contributed by atoms with Crippen molar-refractivity contribution in [2.75, 3.05) is 21.3 Å². The van der Waals surface area contributed by atoms with E-state index in [2.05, 4.69) is 0 Å². The van der Waals surface area contributed by atoms with Crippen LogP contribution in [0.15, 0.2) is 24.3 Å². The first-order chi connectivity index (χ1) is 12.9. The smallest absolute Gasteiger partial charge is 0.126 e. The van der Waals surface area contributed by atoms with Crippen LogP contribution in [0.5, 0.6) is 11.5 Å². The number of phenolic OH excluding ortho intramolecular Hbond substituents is 2. The molecule has 0 heterocycles. The molecule has 2 rings (SSSR count). The predicted molar refractivity (Wildman–Crippen MR) is 102 cm³/mol. The quantitative estimate of drug-likeness (QED) is 0.623. The summed E-state index contributed by atoms with van der Waals surface area (Å²) in [7, 11) is 4.71. The van der Waals surface area contributed by atoms with Crippen LogP contribution in [0.4, 0.5) is 0 Å². The molecular formula is C21H28O6. The van der Waals surface area contributed by atoms with Crippen molar-refractivity contribution in [3.63, 3.8) is 0 Å². The molecule has 6 heteroatoms. The minimum atomic E-state index is -0.798. The number of ether oxygens (including phenoxy) is 3. The van der Waals surface area contributed by atoms with Crippen LogP contribution in [-0.4, -0.2) is 36.6 Å². The lowest BCUT2D eigenvalue weighted by Gasteiger charge is -2.16. The molecule has 0 radical (unpaired) electrons. The lowest BCUT2D eigenvalue weighted by molar-refractivity contribution is 0.174. The van der Waals surface area contributed by atoms with Crippen LogP contribution in [0.25, 0.3) is 0 Å². The molecule has 0 aliphatic heterocycles. The lowest BCUT2D eigenvalue weighted by atomic mass is 9.95. The molecule has 0 saturated carbocycles. The summed E-state index contributed by atoms with van der Waals surface area (Å²) >= 11 is 0. The van der Waals surface area contributed by atoms with Crippen LogP contribution in [-0.2, 0) is 40.5 Å². The predicted octanol–water partition coefficient (Wildman–Crippen LogP) is 3.18. The molecular weight excluding hydrogens is 348 g/mol. The fraction of sp³-hybridized carbons (Fsp3) is 0.429. The van der Waals surface area contributed by atoms with Crippen molar-refractivity contribution in [1.29, 1.82) is 0 Å². The highest BCUT2D eigenvalue weighted by atomic mass is 16.5. The van der Waals surface area contributed by atoms with Crippen molar-refractivity contribution in [1.82, 2.24) is 0 Å². The number of benzene rings is 2. The van der Waals surface area contributed by atoms with Gasteiger partial charge in [-0.3, -0.25) is 0 Å². The van der Waals surface area contributed by atoms with Gasteiger partial charge in [0, 0.05) is 43.6 Å². The summed E-state index contributed by atoms with van der Waals surface area (Å²) < 4.78 is 15.5. The van der Waals surface area contributed by atoms with Gasteiger partial charge in [0.2, 0.25) is 0 Å². The van der Waals surface area contributed by atoms with Gasteiger partial charge >= 0.3 is 0 Å². The molecule has 0 amide bonds. The first-order valence-electron chi connectivity index (χ1n) is 8.74. The third kappa shape index (κ3) is 5.20. The number of hydrogen-bond acceptors (Lipinski definition) is 6. The molecule has 0 aliphatic rings. The molecule has 2 aromatic rings. The van der Waals surface area contributed by atoms with Gasteiger partial charge in [0.15, 0.2) is 0 Å². The first kappa shape index (κ1) is 21.2. The van der Waals surface area contributed by atoms with Gasteiger partial charge in [0.25, 0.3) is 0 Å². The molecule has 1 atom stereocenters. The van der Waals surface area contributed by atoms with E-state index < -0.39 is 6.10 Å². The summed E-state index contributed by atoms with van der Waals surface area (Å²) in [5, 5.41) is 30.7. The van der Waals surface area contributed by atoms with Crippen molar-refractivity contribution in [2.24, 2.45) is 0 Å². The molecule has 0 aliphatic carbocycles. The summed E-state index contributed by atoms with van der Waals surface area (Å²) in [6.45, 7) is 2.45. The molecule has 0 spiro atoms. The maximum absolute atomic E-state index is 10.4. The van der Waals surface area contributed by atoms with Crippen molar-refractivity contribution in [2.45, 2.75) is 39.3 Å². The van der Waals surface area contributed by atoms with E-state index in [9.17, 15) is 15.3 Å². The van der Waals surface area contributed by atoms with Gasteiger partial charge in [-0.25, -0.2) is 0 Å². The molecule has 2 aromatic carbocycles. The third-order valence-corrected chi connectivity index (χ3v) is 4.36. The zero-order chi connectivity index (χ0) is 20.0. The zero-order valence-electron chi connectivity index (χ0n) is 16.3. The first-order valence-corrected chi connectivity index (χ1v) is 8.74. The average Bonchev–Trinajstić information content (AvgIpc) is 2.62. The van der Waals surface area contributed by atoms with Gasteiger partial charge in [-0.05, 0) is 48.7 Å². The van der Waals surface area contributed by atoms with Crippen LogP contribution in [0.1, 0.15) is 46.4 Å². The van der Waals surface area contributed by atoms with Gasteiger partial charge in [-0.1, -0.05) is 0 Å². The number of methoxy groups -OCH3 is 3. The van der Waals surface area contributed by atoms with Crippen molar-refractivity contribution < 1.29 is 29.5 Å². The van der Waals surface area contributed by atoms with Crippen LogP contribution in [0.2, 0.25) is 0 Å². The highest BCUT2D eigenvalue weighted by molar-refractivity contribution is 5.48. The normalized spacial score (nSPS) is 12.3. The molecule has 6 nitrogen and oxygen atoms in total. The Bertz CT molecular complexity index is 743. The molecule has 1 unspecified atom stereocenters. The SMILES string of the molecule is COCc1cc(Cc2cc(COC)c(O)c(C(C)O)c2)cc(COC)c1O. The Morgan fingerprint density at radius 3 is 1.56 bits per heavy atom. The van der Waals surface area contributed by atoms with E-state index in [1.54, 1.807) is 34.3 Å². The van der Waals surface area contributed by atoms with E-state index in [4.69, 9.17) is 14.2 Å². The monoisotopic (exact) mass is 376 g/mol. The Kier molecular flexibility index (Phi) is 7.62. The lowest BCUT2D eigenvalue weighted by Crippen LogP contribution is -2.02. The number of rotatable bonds is 9. The fourth-order valence-corrected chi connectivity index (χ4v) is 3.17. The summed E-state index contributed by atoms with van der Waals surface area (Å²) in [5.74, 6) is 0.236. The van der Waals surface area contributed by atoms with Gasteiger partial charge in [0.05, 0.1) is 25.9 Å². The van der Waals surface area contributed by atoms with Crippen molar-refractivity contribution >= 4 is 0 Å². The molecule has 0 aromatic heterocycles. The highest BCUT2D eigenvalue weighted by Gasteiger charge is 2.16. The standard InChI is InChI=1S/C21H28O6/c1-13(22)19-9-15(8-18(12-27-4)21(19)24)5-14-6-16(10-25-2)20(23)17(7-14)11-26-3/h6-9,13,22-24H,5,10-12H2,1-4H3. The van der Waals surface area contributed by atoms with E-state index in [0.717, 1.165) is 11.1 Å². The van der Waals surface area contributed by atoms with E-state index in [-0.39, 0.29) is 18.1 Å². The minimum Gasteiger partial charge on any atom is -0.507 e. The van der Waals surface area contributed by atoms with Crippen LogP contribution in [0, 0.1) is 0 Å². The second-order valence-electron chi connectivity index (χ2n) is 6.61. The fourth-order valence-electron chi connectivity index (χ4n) is 3.17. The van der Waals surface area contributed by atoms with E-state index in [0.29, 0.717) is 41.9 Å². The number of aliphatic hydroxyl groups excluding tert-OH is 1. The van der Waals surface area contributed by atoms with Crippen LogP contribution >= 0.6 is 0 Å². The third-order valence-electron chi connectivity index (χ3n) is 4.36. The van der Waals surface area contributed by atoms with Gasteiger partial charge in [-0.2, -0.15) is 0 Å². The largest absolute Gasteiger partial charge is 0.507 e. The summed E-state index contributed by atoms with van der Waals surface area (Å²) in [6.07, 6.45) is -0.238. The highest BCUT2D eigenvalue weighted by Crippen LogP contribution is 2.32. The number of aromatic hydroxyl groups is 2. The van der Waals surface area contributed by atoms with Gasteiger partial charge < -0.3 is 29.5 Å². The van der Waals surface area contributed by atoms with Gasteiger partial charge in [0.1, 0.15) is 11.5 Å². The molecule has 148 valence electrons. The second-order valence-corrected chi connectivity index (χ2v) is 6.61. The number of phenols is 2. The van der Waals surface area contributed by atoms with E-state index in [1.165, 1.54) is 0 Å². The van der Waals surface area contributed by atoms with Gasteiger partial charge in [-0.15, -0.1) is 0 Å². The molecule has 0 saturated heterocycles. The summed E-state index contributed by atoms with van der Waals surface area (Å²) in [4.78, 5) is 0. The minimum absolute atomic E-state index is 0.0569. The zero-order valence-corrected chi connectivity index (χ0v) is 16.3. The molecule has 0 bridgehead atoms. The Hall–Kier alpha value is -2.12. The Morgan fingerprint density at radius 1 is 0.741 bits per heavy atom. The molecule has 3 N–H and O–H groups in total. The summed E-state index contributed by atoms with van der Waals surface area (Å²) in [5.41, 5.74) is 4.36. The average molecular weight is 376 g/mol. The van der Waals surface area contributed by atoms with E-state index in [1.807, 2.05) is 18.2 Å². The van der Waals surface area contributed by atoms with Crippen molar-refractivity contribution in [3.05, 3.63) is 57.6 Å². The van der Waals surface area contributed by atoms with E-state index >= 15 is 0 Å².